The molecule has 3 N–H and O–H groups in total. The summed E-state index contributed by atoms with van der Waals surface area (Å²) in [5.74, 6) is 1.23. The number of piperidine rings is 1. The van der Waals surface area contributed by atoms with Gasteiger partial charge < -0.3 is 10.7 Å². The number of nitrogens with one attached hydrogen (secondary N) is 1. The van der Waals surface area contributed by atoms with Crippen molar-refractivity contribution in [3.05, 3.63) is 53.7 Å². The third-order valence-electron chi connectivity index (χ3n) is 4.69. The van der Waals surface area contributed by atoms with Crippen LogP contribution in [0.25, 0.3) is 11.0 Å². The standard InChI is InChI=1S/C18H20FN5/c19-13-6-7-14-15(10-13)23-18(22-14)16-5-1-2-9-24(16)11-12-4-3-8-21-17(12)20/h3-4,6-8,10,16H,1-2,5,9,11H2,(H2,20,21)(H,22,23)/t16-/m1/s1. The highest BCUT2D eigenvalue weighted by Crippen LogP contribution is 2.32. The Morgan fingerprint density at radius 1 is 1.29 bits per heavy atom. The van der Waals surface area contributed by atoms with Gasteiger partial charge in [0, 0.05) is 18.3 Å². The lowest BCUT2D eigenvalue weighted by Crippen LogP contribution is -2.33. The number of nitrogens with two attached hydrogens (primary N) is 1. The largest absolute Gasteiger partial charge is 0.383 e. The molecule has 1 saturated heterocycles. The highest BCUT2D eigenvalue weighted by molar-refractivity contribution is 5.75. The number of aromatic amines is 1. The maximum Gasteiger partial charge on any atom is 0.127 e. The Hall–Kier alpha value is -2.47. The Balaban J connectivity index is 1.64. The van der Waals surface area contributed by atoms with Crippen LogP contribution < -0.4 is 5.73 Å². The molecule has 0 radical (unpaired) electrons. The Kier molecular flexibility index (Phi) is 3.90. The molecule has 3 aromatic rings. The second kappa shape index (κ2) is 6.20. The van der Waals surface area contributed by atoms with E-state index in [4.69, 9.17) is 5.73 Å². The molecule has 1 aliphatic heterocycles. The number of hydrogen-bond acceptors (Lipinski definition) is 4. The minimum atomic E-state index is -0.249. The van der Waals surface area contributed by atoms with E-state index in [1.807, 2.05) is 12.1 Å². The molecule has 1 fully saturated rings. The Morgan fingerprint density at radius 2 is 2.21 bits per heavy atom. The maximum absolute atomic E-state index is 13.4. The number of fused-ring (bicyclic) bond motifs is 1. The number of aromatic nitrogens is 3. The Labute approximate surface area is 139 Å². The quantitative estimate of drug-likeness (QED) is 0.774. The van der Waals surface area contributed by atoms with Crippen LogP contribution in [0, 0.1) is 5.82 Å². The summed E-state index contributed by atoms with van der Waals surface area (Å²) in [6.07, 6.45) is 5.06. The normalized spacial score (nSPS) is 19.0. The van der Waals surface area contributed by atoms with E-state index < -0.39 is 0 Å². The molecule has 2 aromatic heterocycles. The van der Waals surface area contributed by atoms with Crippen molar-refractivity contribution in [2.75, 3.05) is 12.3 Å². The summed E-state index contributed by atoms with van der Waals surface area (Å²) in [6.45, 7) is 1.74. The maximum atomic E-state index is 13.4. The number of benzene rings is 1. The molecule has 1 aliphatic rings. The molecule has 6 heteroatoms. The Morgan fingerprint density at radius 3 is 3.08 bits per heavy atom. The smallest absolute Gasteiger partial charge is 0.127 e. The van der Waals surface area contributed by atoms with Crippen molar-refractivity contribution in [2.24, 2.45) is 0 Å². The van der Waals surface area contributed by atoms with Gasteiger partial charge in [-0.1, -0.05) is 12.5 Å². The average Bonchev–Trinajstić information content (AvgIpc) is 3.00. The summed E-state index contributed by atoms with van der Waals surface area (Å²) in [4.78, 5) is 14.5. The molecular weight excluding hydrogens is 305 g/mol. The first-order valence-electron chi connectivity index (χ1n) is 8.29. The van der Waals surface area contributed by atoms with Crippen molar-refractivity contribution in [1.82, 2.24) is 19.9 Å². The fourth-order valence-electron chi connectivity index (χ4n) is 3.45. The predicted molar refractivity (Wildman–Crippen MR) is 91.7 cm³/mol. The molecule has 4 rings (SSSR count). The third-order valence-corrected chi connectivity index (χ3v) is 4.69. The minimum Gasteiger partial charge on any atom is -0.383 e. The zero-order chi connectivity index (χ0) is 16.5. The fourth-order valence-corrected chi connectivity index (χ4v) is 3.45. The van der Waals surface area contributed by atoms with E-state index in [-0.39, 0.29) is 11.9 Å². The molecule has 0 saturated carbocycles. The molecule has 5 nitrogen and oxygen atoms in total. The number of anilines is 1. The second-order valence-electron chi connectivity index (χ2n) is 6.31. The second-order valence-corrected chi connectivity index (χ2v) is 6.31. The lowest BCUT2D eigenvalue weighted by molar-refractivity contribution is 0.135. The predicted octanol–water partition coefficient (Wildman–Crippen LogP) is 3.41. The molecule has 0 unspecified atom stereocenters. The number of nitrogen functional groups attached to an aromatic ring is 1. The number of likely N-dealkylation sites (tertiary alicyclic amines) is 1. The molecule has 124 valence electrons. The molecule has 1 atom stereocenters. The number of imidazole rings is 1. The lowest BCUT2D eigenvalue weighted by Gasteiger charge is -2.34. The Bertz CT molecular complexity index is 859. The van der Waals surface area contributed by atoms with Gasteiger partial charge in [0.05, 0.1) is 17.1 Å². The summed E-state index contributed by atoms with van der Waals surface area (Å²) in [5, 5.41) is 0. The van der Waals surface area contributed by atoms with E-state index in [0.29, 0.717) is 5.82 Å². The lowest BCUT2D eigenvalue weighted by atomic mass is 10.0. The van der Waals surface area contributed by atoms with Crippen molar-refractivity contribution in [2.45, 2.75) is 31.8 Å². The summed E-state index contributed by atoms with van der Waals surface area (Å²) >= 11 is 0. The fraction of sp³-hybridized carbons (Fsp3) is 0.333. The van der Waals surface area contributed by atoms with Gasteiger partial charge >= 0.3 is 0 Å². The molecule has 0 bridgehead atoms. The van der Waals surface area contributed by atoms with Crippen LogP contribution in [0.5, 0.6) is 0 Å². The van der Waals surface area contributed by atoms with Gasteiger partial charge in [-0.15, -0.1) is 0 Å². The van der Waals surface area contributed by atoms with Crippen molar-refractivity contribution >= 4 is 16.9 Å². The van der Waals surface area contributed by atoms with Crippen molar-refractivity contribution in [3.8, 4) is 0 Å². The molecule has 3 heterocycles. The van der Waals surface area contributed by atoms with Crippen LogP contribution in [0.3, 0.4) is 0 Å². The van der Waals surface area contributed by atoms with E-state index in [1.54, 1.807) is 12.3 Å². The van der Waals surface area contributed by atoms with Crippen molar-refractivity contribution in [3.63, 3.8) is 0 Å². The molecule has 0 spiro atoms. The van der Waals surface area contributed by atoms with Crippen molar-refractivity contribution < 1.29 is 4.39 Å². The SMILES string of the molecule is Nc1ncccc1CN1CCCC[C@@H]1c1nc2ccc(F)cc2[nH]1. The van der Waals surface area contributed by atoms with Crippen LogP contribution >= 0.6 is 0 Å². The van der Waals surface area contributed by atoms with Gasteiger partial charge in [0.2, 0.25) is 0 Å². The van der Waals surface area contributed by atoms with Crippen LogP contribution in [0.2, 0.25) is 0 Å². The number of H-pyrrole nitrogens is 1. The van der Waals surface area contributed by atoms with Gasteiger partial charge in [0.1, 0.15) is 17.5 Å². The van der Waals surface area contributed by atoms with Crippen molar-refractivity contribution in [1.29, 1.82) is 0 Å². The van der Waals surface area contributed by atoms with E-state index in [9.17, 15) is 4.39 Å². The molecule has 0 aliphatic carbocycles. The third kappa shape index (κ3) is 2.85. The molecule has 1 aromatic carbocycles. The number of nitrogens with zero attached hydrogens (tertiary/aromatic N) is 3. The van der Waals surface area contributed by atoms with E-state index in [2.05, 4.69) is 19.9 Å². The monoisotopic (exact) mass is 325 g/mol. The summed E-state index contributed by atoms with van der Waals surface area (Å²) in [5.41, 5.74) is 8.58. The highest BCUT2D eigenvalue weighted by Gasteiger charge is 2.27. The summed E-state index contributed by atoms with van der Waals surface area (Å²) in [7, 11) is 0. The highest BCUT2D eigenvalue weighted by atomic mass is 19.1. The molecule has 24 heavy (non-hydrogen) atoms. The number of pyridine rings is 1. The van der Waals surface area contributed by atoms with Crippen LogP contribution in [0.15, 0.2) is 36.5 Å². The average molecular weight is 325 g/mol. The van der Waals surface area contributed by atoms with Gasteiger partial charge in [-0.2, -0.15) is 0 Å². The van der Waals surface area contributed by atoms with Gasteiger partial charge in [-0.3, -0.25) is 4.90 Å². The van der Waals surface area contributed by atoms with Crippen LogP contribution in [0.1, 0.15) is 36.7 Å². The molecule has 0 amide bonds. The van der Waals surface area contributed by atoms with E-state index in [1.165, 1.54) is 12.1 Å². The van der Waals surface area contributed by atoms with Gasteiger partial charge in [-0.25, -0.2) is 14.4 Å². The van der Waals surface area contributed by atoms with Gasteiger partial charge in [-0.05, 0) is 43.7 Å². The number of halogens is 1. The topological polar surface area (TPSA) is 70.8 Å². The number of hydrogen-bond donors (Lipinski definition) is 2. The van der Waals surface area contributed by atoms with Gasteiger partial charge in [0.25, 0.3) is 0 Å². The molecular formula is C18H20FN5. The first-order chi connectivity index (χ1) is 11.7. The first-order valence-corrected chi connectivity index (χ1v) is 8.29. The summed E-state index contributed by atoms with van der Waals surface area (Å²) in [6, 6.07) is 8.78. The van der Waals surface area contributed by atoms with Crippen LogP contribution in [-0.2, 0) is 6.54 Å². The zero-order valence-electron chi connectivity index (χ0n) is 13.4. The number of rotatable bonds is 3. The van der Waals surface area contributed by atoms with E-state index in [0.717, 1.165) is 54.8 Å². The van der Waals surface area contributed by atoms with E-state index >= 15 is 0 Å². The summed E-state index contributed by atoms with van der Waals surface area (Å²) < 4.78 is 13.4. The minimum absolute atomic E-state index is 0.189. The van der Waals surface area contributed by atoms with Gasteiger partial charge in [0.15, 0.2) is 0 Å². The first kappa shape index (κ1) is 15.1. The van der Waals surface area contributed by atoms with Crippen LogP contribution in [0.4, 0.5) is 10.2 Å². The zero-order valence-corrected chi connectivity index (χ0v) is 13.4. The van der Waals surface area contributed by atoms with Crippen LogP contribution in [-0.4, -0.2) is 26.4 Å².